The van der Waals surface area contributed by atoms with Gasteiger partial charge in [0.05, 0.1) is 13.1 Å². The van der Waals surface area contributed by atoms with Gasteiger partial charge in [0.2, 0.25) is 11.8 Å². The Morgan fingerprint density at radius 3 is 3.06 bits per heavy atom. The average molecular weight is 251 g/mol. The lowest BCUT2D eigenvalue weighted by Gasteiger charge is -2.25. The monoisotopic (exact) mass is 251 g/mol. The van der Waals surface area contributed by atoms with Crippen molar-refractivity contribution in [3.63, 3.8) is 0 Å². The summed E-state index contributed by atoms with van der Waals surface area (Å²) in [6.45, 7) is 1.54. The molecule has 1 aromatic carbocycles. The lowest BCUT2D eigenvalue weighted by atomic mass is 10.3. The SMILES string of the molecule is O=C1CN(CC(=O)Nc2cccc(F)c2)CCN1. The quantitative estimate of drug-likeness (QED) is 0.806. The van der Waals surface area contributed by atoms with E-state index in [-0.39, 0.29) is 24.9 Å². The van der Waals surface area contributed by atoms with Gasteiger partial charge >= 0.3 is 0 Å². The molecule has 18 heavy (non-hydrogen) atoms. The molecule has 1 aliphatic heterocycles. The first-order valence-electron chi connectivity index (χ1n) is 5.68. The number of carbonyl (C=O) groups excluding carboxylic acids is 2. The fourth-order valence-electron chi connectivity index (χ4n) is 1.80. The van der Waals surface area contributed by atoms with Gasteiger partial charge in [-0.3, -0.25) is 14.5 Å². The van der Waals surface area contributed by atoms with Gasteiger partial charge in [0.15, 0.2) is 0 Å². The maximum atomic E-state index is 12.9. The van der Waals surface area contributed by atoms with E-state index in [1.54, 1.807) is 11.0 Å². The molecule has 5 nitrogen and oxygen atoms in total. The van der Waals surface area contributed by atoms with E-state index >= 15 is 0 Å². The van der Waals surface area contributed by atoms with E-state index in [2.05, 4.69) is 10.6 Å². The summed E-state index contributed by atoms with van der Waals surface area (Å²) in [6, 6.07) is 5.70. The van der Waals surface area contributed by atoms with E-state index in [4.69, 9.17) is 0 Å². The Balaban J connectivity index is 1.86. The molecule has 0 saturated carbocycles. The predicted octanol–water partition coefficient (Wildman–Crippen LogP) is 0.196. The topological polar surface area (TPSA) is 61.4 Å². The number of anilines is 1. The molecule has 6 heteroatoms. The summed E-state index contributed by atoms with van der Waals surface area (Å²) in [6.07, 6.45) is 0. The molecule has 1 saturated heterocycles. The van der Waals surface area contributed by atoms with Gasteiger partial charge in [0, 0.05) is 18.8 Å². The van der Waals surface area contributed by atoms with Crippen LogP contribution in [0.1, 0.15) is 0 Å². The highest BCUT2D eigenvalue weighted by Gasteiger charge is 2.18. The summed E-state index contributed by atoms with van der Waals surface area (Å²) in [4.78, 5) is 24.6. The zero-order valence-corrected chi connectivity index (χ0v) is 9.78. The zero-order valence-electron chi connectivity index (χ0n) is 9.78. The number of rotatable bonds is 3. The maximum absolute atomic E-state index is 12.9. The Morgan fingerprint density at radius 2 is 2.33 bits per heavy atom. The van der Waals surface area contributed by atoms with Gasteiger partial charge in [-0.25, -0.2) is 4.39 Å². The third-order valence-corrected chi connectivity index (χ3v) is 2.59. The van der Waals surface area contributed by atoms with E-state index < -0.39 is 5.82 Å². The molecule has 0 unspecified atom stereocenters. The summed E-state index contributed by atoms with van der Waals surface area (Å²) in [7, 11) is 0. The van der Waals surface area contributed by atoms with Crippen LogP contribution in [-0.4, -0.2) is 42.9 Å². The molecule has 96 valence electrons. The second kappa shape index (κ2) is 5.59. The minimum atomic E-state index is -0.398. The first-order valence-corrected chi connectivity index (χ1v) is 5.68. The van der Waals surface area contributed by atoms with E-state index in [1.807, 2.05) is 0 Å². The molecular weight excluding hydrogens is 237 g/mol. The molecule has 1 aromatic rings. The smallest absolute Gasteiger partial charge is 0.238 e. The van der Waals surface area contributed by atoms with Crippen molar-refractivity contribution >= 4 is 17.5 Å². The van der Waals surface area contributed by atoms with Gasteiger partial charge in [0.1, 0.15) is 5.82 Å². The van der Waals surface area contributed by atoms with Crippen LogP contribution in [0.25, 0.3) is 0 Å². The number of carbonyl (C=O) groups is 2. The number of benzene rings is 1. The molecule has 1 heterocycles. The molecule has 1 aliphatic rings. The average Bonchev–Trinajstić information content (AvgIpc) is 2.28. The first-order chi connectivity index (χ1) is 8.63. The van der Waals surface area contributed by atoms with Crippen molar-refractivity contribution in [2.75, 3.05) is 31.5 Å². The van der Waals surface area contributed by atoms with Crippen LogP contribution in [0.2, 0.25) is 0 Å². The number of amides is 2. The Labute approximate surface area is 104 Å². The summed E-state index contributed by atoms with van der Waals surface area (Å²) in [5.41, 5.74) is 0.418. The molecule has 0 aliphatic carbocycles. The second-order valence-electron chi connectivity index (χ2n) is 4.12. The highest BCUT2D eigenvalue weighted by Crippen LogP contribution is 2.09. The highest BCUT2D eigenvalue weighted by atomic mass is 19.1. The summed E-state index contributed by atoms with van der Waals surface area (Å²) in [5, 5.41) is 5.27. The van der Waals surface area contributed by atoms with Crippen LogP contribution in [0.4, 0.5) is 10.1 Å². The molecule has 2 N–H and O–H groups in total. The third kappa shape index (κ3) is 3.53. The van der Waals surface area contributed by atoms with Crippen molar-refractivity contribution in [3.05, 3.63) is 30.1 Å². The number of hydrogen-bond acceptors (Lipinski definition) is 3. The van der Waals surface area contributed by atoms with Gasteiger partial charge in [-0.15, -0.1) is 0 Å². The van der Waals surface area contributed by atoms with Crippen LogP contribution < -0.4 is 10.6 Å². The minimum absolute atomic E-state index is 0.0835. The van der Waals surface area contributed by atoms with Crippen molar-refractivity contribution in [3.8, 4) is 0 Å². The Hall–Kier alpha value is -1.95. The number of halogens is 1. The van der Waals surface area contributed by atoms with Crippen LogP contribution in [0.5, 0.6) is 0 Å². The Kier molecular flexibility index (Phi) is 3.88. The van der Waals surface area contributed by atoms with Crippen molar-refractivity contribution in [2.24, 2.45) is 0 Å². The van der Waals surface area contributed by atoms with Gasteiger partial charge in [-0.05, 0) is 18.2 Å². The largest absolute Gasteiger partial charge is 0.354 e. The Morgan fingerprint density at radius 1 is 1.50 bits per heavy atom. The fourth-order valence-corrected chi connectivity index (χ4v) is 1.80. The number of nitrogens with zero attached hydrogens (tertiary/aromatic N) is 1. The van der Waals surface area contributed by atoms with E-state index in [1.165, 1.54) is 18.2 Å². The van der Waals surface area contributed by atoms with Crippen LogP contribution in [0.15, 0.2) is 24.3 Å². The molecule has 0 spiro atoms. The van der Waals surface area contributed by atoms with Crippen LogP contribution in [0, 0.1) is 5.82 Å². The van der Waals surface area contributed by atoms with Crippen molar-refractivity contribution in [2.45, 2.75) is 0 Å². The predicted molar refractivity (Wildman–Crippen MR) is 64.5 cm³/mol. The van der Waals surface area contributed by atoms with Crippen molar-refractivity contribution < 1.29 is 14.0 Å². The number of piperazine rings is 1. The molecule has 2 amide bonds. The van der Waals surface area contributed by atoms with E-state index in [9.17, 15) is 14.0 Å². The van der Waals surface area contributed by atoms with Gasteiger partial charge in [-0.2, -0.15) is 0 Å². The summed E-state index contributed by atoms with van der Waals surface area (Å²) < 4.78 is 12.9. The molecule has 2 rings (SSSR count). The number of nitrogens with one attached hydrogen (secondary N) is 2. The van der Waals surface area contributed by atoms with Crippen molar-refractivity contribution in [1.29, 1.82) is 0 Å². The first kappa shape index (κ1) is 12.5. The third-order valence-electron chi connectivity index (χ3n) is 2.59. The standard InChI is InChI=1S/C12H14FN3O2/c13-9-2-1-3-10(6-9)15-12(18)8-16-5-4-14-11(17)7-16/h1-3,6H,4-5,7-8H2,(H,14,17)(H,15,18). The lowest BCUT2D eigenvalue weighted by molar-refractivity contribution is -0.125. The van der Waals surface area contributed by atoms with Crippen LogP contribution in [-0.2, 0) is 9.59 Å². The fraction of sp³-hybridized carbons (Fsp3) is 0.333. The molecule has 0 aromatic heterocycles. The van der Waals surface area contributed by atoms with Gasteiger partial charge in [-0.1, -0.05) is 6.07 Å². The maximum Gasteiger partial charge on any atom is 0.238 e. The van der Waals surface area contributed by atoms with E-state index in [0.29, 0.717) is 18.8 Å². The zero-order chi connectivity index (χ0) is 13.0. The summed E-state index contributed by atoms with van der Waals surface area (Å²) >= 11 is 0. The van der Waals surface area contributed by atoms with Crippen LogP contribution >= 0.6 is 0 Å². The number of hydrogen-bond donors (Lipinski definition) is 2. The summed E-state index contributed by atoms with van der Waals surface area (Å²) in [5.74, 6) is -0.736. The molecule has 0 radical (unpaired) electrons. The minimum Gasteiger partial charge on any atom is -0.354 e. The normalized spacial score (nSPS) is 16.2. The molecular formula is C12H14FN3O2. The van der Waals surface area contributed by atoms with E-state index in [0.717, 1.165) is 0 Å². The van der Waals surface area contributed by atoms with Crippen molar-refractivity contribution in [1.82, 2.24) is 10.2 Å². The highest BCUT2D eigenvalue weighted by molar-refractivity contribution is 5.92. The van der Waals surface area contributed by atoms with Gasteiger partial charge < -0.3 is 10.6 Å². The molecule has 0 bridgehead atoms. The van der Waals surface area contributed by atoms with Gasteiger partial charge in [0.25, 0.3) is 0 Å². The Bertz CT molecular complexity index is 464. The second-order valence-corrected chi connectivity index (χ2v) is 4.12. The lowest BCUT2D eigenvalue weighted by Crippen LogP contribution is -2.49. The van der Waals surface area contributed by atoms with Crippen LogP contribution in [0.3, 0.4) is 0 Å². The molecule has 0 atom stereocenters. The molecule has 1 fully saturated rings.